The quantitative estimate of drug-likeness (QED) is 0.361. The molecule has 0 radical (unpaired) electrons. The van der Waals surface area contributed by atoms with Gasteiger partial charge in [0.2, 0.25) is 0 Å². The fourth-order valence-electron chi connectivity index (χ4n) is 4.26. The van der Waals surface area contributed by atoms with Gasteiger partial charge in [0.05, 0.1) is 77.4 Å². The van der Waals surface area contributed by atoms with Gasteiger partial charge in [-0.2, -0.15) is 0 Å². The van der Waals surface area contributed by atoms with Gasteiger partial charge in [0.15, 0.2) is 0 Å². The van der Waals surface area contributed by atoms with Crippen LogP contribution in [0.4, 0.5) is 0 Å². The first-order valence-electron chi connectivity index (χ1n) is 8.59. The van der Waals surface area contributed by atoms with Crippen LogP contribution in [-0.4, -0.2) is 136 Å². The van der Waals surface area contributed by atoms with Crippen LogP contribution in [-0.2, 0) is 0 Å². The molecule has 0 atom stereocenters. The molecule has 0 aromatic carbocycles. The zero-order valence-corrected chi connectivity index (χ0v) is 15.3. The van der Waals surface area contributed by atoms with E-state index in [1.165, 1.54) is 7.06 Å². The molecule has 0 N–H and O–H groups in total. The van der Waals surface area contributed by atoms with E-state index in [0.29, 0.717) is 0 Å². The Morgan fingerprint density at radius 1 is 0.421 bits per heavy atom. The molecule has 0 unspecified atom stereocenters. The Labute approximate surface area is 135 Å². The zero-order valence-electron chi connectivity index (χ0n) is 15.3. The van der Waals surface area contributed by atoms with E-state index in [4.69, 9.17) is 0 Å². The summed E-state index contributed by atoms with van der Waals surface area (Å²) in [5.41, 5.74) is 0. The van der Waals surface area contributed by atoms with Gasteiger partial charge in [0.25, 0.3) is 0 Å². The minimum absolute atomic E-state index is 0.798. The van der Waals surface area contributed by atoms with E-state index in [1.54, 1.807) is 0 Å². The SMILES string of the molecule is BB(B)B(BB(B(B)B)B(B(B)B)B(B)B)B(B)B. The van der Waals surface area contributed by atoms with Gasteiger partial charge in [0.1, 0.15) is 0 Å². The van der Waals surface area contributed by atoms with Crippen LogP contribution in [0.1, 0.15) is 0 Å². The third-order valence-electron chi connectivity index (χ3n) is 5.15. The van der Waals surface area contributed by atoms with Crippen molar-refractivity contribution >= 4 is 136 Å². The summed E-state index contributed by atoms with van der Waals surface area (Å²) >= 11 is 0. The molecule has 0 fully saturated rings. The molecule has 0 aliphatic carbocycles. The largest absolute Gasteiger partial charge is 0.0552 e. The summed E-state index contributed by atoms with van der Waals surface area (Å²) in [6, 6.07) is 0. The lowest BCUT2D eigenvalue weighted by Gasteiger charge is -2.34. The summed E-state index contributed by atoms with van der Waals surface area (Å²) in [6.45, 7) is 0. The molecule has 0 aliphatic heterocycles. The first kappa shape index (κ1) is 20.2. The second-order valence-corrected chi connectivity index (χ2v) is 8.36. The maximum absolute atomic E-state index is 2.43. The predicted octanol–water partition coefficient (Wildman–Crippen LogP) is -12.9. The number of hydrogen-bond donors (Lipinski definition) is 0. The van der Waals surface area contributed by atoms with E-state index < -0.39 is 0 Å². The van der Waals surface area contributed by atoms with Gasteiger partial charge in [-0.1, -0.05) is 0 Å². The van der Waals surface area contributed by atoms with Gasteiger partial charge in [-0.25, -0.2) is 0 Å². The Kier molecular flexibility index (Phi) is 9.90. The minimum Gasteiger partial charge on any atom is 0.00358 e. The van der Waals surface area contributed by atoms with Crippen LogP contribution in [0.25, 0.3) is 0 Å². The third-order valence-corrected chi connectivity index (χ3v) is 5.15. The van der Waals surface area contributed by atoms with Gasteiger partial charge < -0.3 is 0 Å². The van der Waals surface area contributed by atoms with E-state index >= 15 is 0 Å². The fraction of sp³-hybridized carbons (Fsp3) is 0. The normalized spacial score (nSPS) is 9.05. The van der Waals surface area contributed by atoms with E-state index in [1.807, 2.05) is 0 Å². The highest BCUT2D eigenvalue weighted by molar-refractivity contribution is 8.12. The Morgan fingerprint density at radius 2 is 0.737 bits per heavy atom. The van der Waals surface area contributed by atoms with Crippen LogP contribution in [0.15, 0.2) is 0 Å². The summed E-state index contributed by atoms with van der Waals surface area (Å²) in [7, 11) is 25.6. The molecule has 0 saturated heterocycles. The highest BCUT2D eigenvalue weighted by atomic mass is 13.2. The molecule has 19 heteroatoms. The number of hydrogen-bond acceptors (Lipinski definition) is 0. The van der Waals surface area contributed by atoms with Crippen LogP contribution in [0, 0.1) is 0 Å². The van der Waals surface area contributed by atoms with Crippen molar-refractivity contribution in [1.29, 1.82) is 0 Å². The van der Waals surface area contributed by atoms with Crippen LogP contribution < -0.4 is 0 Å². The maximum atomic E-state index is 2.43. The molecule has 0 bridgehead atoms. The first-order valence-corrected chi connectivity index (χ1v) is 8.59. The lowest BCUT2D eigenvalue weighted by atomic mass is 8.46. The average molecular weight is 227 g/mol. The molecule has 19 heavy (non-hydrogen) atoms. The zero-order chi connectivity index (χ0) is 15.3. The Bertz CT molecular complexity index is 206. The monoisotopic (exact) mass is 230 g/mol. The van der Waals surface area contributed by atoms with Gasteiger partial charge in [-0.3, -0.25) is 0 Å². The van der Waals surface area contributed by atoms with Crippen molar-refractivity contribution in [2.24, 2.45) is 0 Å². The summed E-state index contributed by atoms with van der Waals surface area (Å²) < 4.78 is 0. The summed E-state index contributed by atoms with van der Waals surface area (Å²) in [5, 5.41) is 0. The summed E-state index contributed by atoms with van der Waals surface area (Å²) in [4.78, 5) is 0. The molecule has 0 aliphatic rings. The van der Waals surface area contributed by atoms with Gasteiger partial charge in [-0.15, -0.1) is 0 Å². The molecular formula is H21B19. The Morgan fingerprint density at radius 3 is 0.947 bits per heavy atom. The Hall–Kier alpha value is 1.23. The molecule has 0 amide bonds. The molecule has 0 saturated carbocycles. The van der Waals surface area contributed by atoms with Crippen LogP contribution in [0.3, 0.4) is 0 Å². The smallest absolute Gasteiger partial charge is 0.00358 e. The molecular weight excluding hydrogens is 205 g/mol. The summed E-state index contributed by atoms with van der Waals surface area (Å²) in [5.74, 6) is 0. The van der Waals surface area contributed by atoms with E-state index in [0.717, 1.165) is 51.1 Å². The van der Waals surface area contributed by atoms with E-state index in [9.17, 15) is 0 Å². The van der Waals surface area contributed by atoms with Crippen molar-refractivity contribution in [3.8, 4) is 0 Å². The second-order valence-electron chi connectivity index (χ2n) is 8.36. The van der Waals surface area contributed by atoms with Crippen LogP contribution >= 0.6 is 0 Å². The van der Waals surface area contributed by atoms with E-state index in [2.05, 4.69) is 77.4 Å². The highest BCUT2D eigenvalue weighted by Crippen LogP contribution is 1.99. The predicted molar refractivity (Wildman–Crippen MR) is 139 cm³/mol. The first-order chi connectivity index (χ1) is 8.59. The fourth-order valence-corrected chi connectivity index (χ4v) is 4.26. The van der Waals surface area contributed by atoms with Gasteiger partial charge in [-0.05, 0) is 0 Å². The van der Waals surface area contributed by atoms with Crippen molar-refractivity contribution < 1.29 is 0 Å². The molecule has 0 aromatic rings. The summed E-state index contributed by atoms with van der Waals surface area (Å²) in [6.07, 6.45) is 6.61. The van der Waals surface area contributed by atoms with Gasteiger partial charge >= 0.3 is 0 Å². The second kappa shape index (κ2) is 9.29. The minimum atomic E-state index is 0.798. The lowest BCUT2D eigenvalue weighted by Crippen LogP contribution is -2.74. The molecule has 0 nitrogen and oxygen atoms in total. The average Bonchev–Trinajstić information content (AvgIpc) is 2.20. The molecule has 0 spiro atoms. The van der Waals surface area contributed by atoms with Crippen LogP contribution in [0.2, 0.25) is 0 Å². The molecule has 0 rings (SSSR count). The van der Waals surface area contributed by atoms with Crippen molar-refractivity contribution in [2.75, 3.05) is 0 Å². The lowest BCUT2D eigenvalue weighted by molar-refractivity contribution is 3.40. The van der Waals surface area contributed by atoms with Crippen LogP contribution in [0.5, 0.6) is 0 Å². The number of rotatable bonds is 8. The molecule has 0 heterocycles. The third kappa shape index (κ3) is 6.68. The van der Waals surface area contributed by atoms with Crippen molar-refractivity contribution in [3.63, 3.8) is 0 Å². The van der Waals surface area contributed by atoms with Crippen molar-refractivity contribution in [3.05, 3.63) is 0 Å². The van der Waals surface area contributed by atoms with Gasteiger partial charge in [0, 0.05) is 58.1 Å². The molecule has 0 aromatic heterocycles. The maximum Gasteiger partial charge on any atom is 0.0552 e. The Balaban J connectivity index is 5.09. The standard InChI is InChI=1S/B19H21/c1-12(2)17(13(3)4)11-18(14(5)6)19(15(7)8)16(9)10/h11H,1-10H2. The van der Waals surface area contributed by atoms with Crippen molar-refractivity contribution in [2.45, 2.75) is 0 Å². The topological polar surface area (TPSA) is 0 Å². The highest BCUT2D eigenvalue weighted by Gasteiger charge is 2.39. The van der Waals surface area contributed by atoms with E-state index in [-0.39, 0.29) is 0 Å². The van der Waals surface area contributed by atoms with Crippen molar-refractivity contribution in [1.82, 2.24) is 0 Å². The molecule has 78 valence electrons.